The molecule has 6 heteroatoms. The van der Waals surface area contributed by atoms with Gasteiger partial charge in [-0.2, -0.15) is 0 Å². The van der Waals surface area contributed by atoms with Gasteiger partial charge in [-0.15, -0.1) is 11.3 Å². The van der Waals surface area contributed by atoms with Gasteiger partial charge in [0.2, 0.25) is 0 Å². The fraction of sp³-hybridized carbons (Fsp3) is 0.400. The highest BCUT2D eigenvalue weighted by Gasteiger charge is 2.18. The minimum absolute atomic E-state index is 0.0395. The monoisotopic (exact) mass is 308 g/mol. The highest BCUT2D eigenvalue weighted by Crippen LogP contribution is 2.42. The zero-order valence-electron chi connectivity index (χ0n) is 12.9. The van der Waals surface area contributed by atoms with Crippen molar-refractivity contribution < 1.29 is 14.2 Å². The molecule has 0 saturated carbocycles. The van der Waals surface area contributed by atoms with Gasteiger partial charge in [-0.05, 0) is 19.9 Å². The molecule has 0 bridgehead atoms. The predicted molar refractivity (Wildman–Crippen MR) is 84.5 cm³/mol. The average molecular weight is 308 g/mol. The van der Waals surface area contributed by atoms with Crippen molar-refractivity contribution >= 4 is 11.3 Å². The van der Waals surface area contributed by atoms with Crippen molar-refractivity contribution in [3.63, 3.8) is 0 Å². The van der Waals surface area contributed by atoms with E-state index in [-0.39, 0.29) is 6.04 Å². The third kappa shape index (κ3) is 2.96. The van der Waals surface area contributed by atoms with Crippen LogP contribution < -0.4 is 19.9 Å². The SMILES string of the molecule is COc1cc(OC)c(-c2nc(C)c(C(C)N)s2)cc1OC. The lowest BCUT2D eigenvalue weighted by Crippen LogP contribution is -2.03. The van der Waals surface area contributed by atoms with Crippen LogP contribution in [0.15, 0.2) is 12.1 Å². The first kappa shape index (κ1) is 15.6. The Hall–Kier alpha value is -1.79. The largest absolute Gasteiger partial charge is 0.496 e. The number of thiazole rings is 1. The normalized spacial score (nSPS) is 12.1. The van der Waals surface area contributed by atoms with Crippen LogP contribution in [0.25, 0.3) is 10.6 Å². The number of ether oxygens (including phenoxy) is 3. The van der Waals surface area contributed by atoms with Gasteiger partial charge in [0, 0.05) is 17.0 Å². The van der Waals surface area contributed by atoms with E-state index < -0.39 is 0 Å². The van der Waals surface area contributed by atoms with Crippen LogP contribution in [0.1, 0.15) is 23.5 Å². The topological polar surface area (TPSA) is 66.6 Å². The van der Waals surface area contributed by atoms with E-state index in [0.29, 0.717) is 17.2 Å². The van der Waals surface area contributed by atoms with E-state index in [4.69, 9.17) is 19.9 Å². The van der Waals surface area contributed by atoms with E-state index in [1.54, 1.807) is 38.7 Å². The Morgan fingerprint density at radius 1 is 1.05 bits per heavy atom. The Morgan fingerprint density at radius 2 is 1.62 bits per heavy atom. The number of rotatable bonds is 5. The van der Waals surface area contributed by atoms with Crippen molar-refractivity contribution in [3.05, 3.63) is 22.7 Å². The number of hydrogen-bond acceptors (Lipinski definition) is 6. The van der Waals surface area contributed by atoms with Crippen LogP contribution in [0, 0.1) is 6.92 Å². The van der Waals surface area contributed by atoms with E-state index >= 15 is 0 Å². The molecule has 1 aromatic carbocycles. The number of nitrogens with two attached hydrogens (primary N) is 1. The van der Waals surface area contributed by atoms with Gasteiger partial charge < -0.3 is 19.9 Å². The van der Waals surface area contributed by atoms with E-state index in [1.807, 2.05) is 19.9 Å². The number of methoxy groups -OCH3 is 3. The van der Waals surface area contributed by atoms with Gasteiger partial charge in [-0.1, -0.05) is 0 Å². The summed E-state index contributed by atoms with van der Waals surface area (Å²) < 4.78 is 16.1. The van der Waals surface area contributed by atoms with Crippen molar-refractivity contribution in [1.29, 1.82) is 0 Å². The second kappa shape index (κ2) is 6.32. The maximum atomic E-state index is 5.97. The molecule has 1 unspecified atom stereocenters. The van der Waals surface area contributed by atoms with Crippen LogP contribution in [0.2, 0.25) is 0 Å². The third-order valence-corrected chi connectivity index (χ3v) is 4.57. The molecule has 1 heterocycles. The molecule has 2 rings (SSSR count). The van der Waals surface area contributed by atoms with Crippen LogP contribution in [-0.2, 0) is 0 Å². The van der Waals surface area contributed by atoms with Gasteiger partial charge in [-0.25, -0.2) is 4.98 Å². The summed E-state index contributed by atoms with van der Waals surface area (Å²) in [5, 5.41) is 0.859. The lowest BCUT2D eigenvalue weighted by atomic mass is 10.2. The first-order chi connectivity index (χ1) is 10.0. The van der Waals surface area contributed by atoms with Gasteiger partial charge >= 0.3 is 0 Å². The Balaban J connectivity index is 2.59. The summed E-state index contributed by atoms with van der Waals surface area (Å²) in [6.45, 7) is 3.92. The molecule has 0 radical (unpaired) electrons. The zero-order valence-corrected chi connectivity index (χ0v) is 13.7. The number of aryl methyl sites for hydroxylation is 1. The molecule has 2 aromatic rings. The second-order valence-corrected chi connectivity index (χ2v) is 5.70. The zero-order chi connectivity index (χ0) is 15.6. The first-order valence-corrected chi connectivity index (χ1v) is 7.36. The average Bonchev–Trinajstić information content (AvgIpc) is 2.87. The quantitative estimate of drug-likeness (QED) is 0.919. The second-order valence-electron chi connectivity index (χ2n) is 4.66. The molecular formula is C15H20N2O3S. The van der Waals surface area contributed by atoms with E-state index in [2.05, 4.69) is 4.98 Å². The number of hydrogen-bond donors (Lipinski definition) is 1. The Bertz CT molecular complexity index is 638. The Kier molecular flexibility index (Phi) is 4.69. The molecule has 0 aliphatic rings. The number of aromatic nitrogens is 1. The van der Waals surface area contributed by atoms with Gasteiger partial charge in [0.1, 0.15) is 10.8 Å². The summed E-state index contributed by atoms with van der Waals surface area (Å²) in [6, 6.07) is 3.64. The van der Waals surface area contributed by atoms with Crippen LogP contribution in [0.3, 0.4) is 0 Å². The summed E-state index contributed by atoms with van der Waals surface area (Å²) >= 11 is 1.57. The molecule has 0 aliphatic heterocycles. The van der Waals surface area contributed by atoms with E-state index in [0.717, 1.165) is 21.1 Å². The molecule has 0 saturated heterocycles. The minimum atomic E-state index is -0.0395. The maximum absolute atomic E-state index is 5.97. The Morgan fingerprint density at radius 3 is 2.10 bits per heavy atom. The molecule has 0 aliphatic carbocycles. The highest BCUT2D eigenvalue weighted by molar-refractivity contribution is 7.15. The predicted octanol–water partition coefficient (Wildman–Crippen LogP) is 3.16. The fourth-order valence-corrected chi connectivity index (χ4v) is 3.18. The standard InChI is InChI=1S/C15H20N2O3S/c1-8(16)14-9(2)17-15(21-14)10-6-12(19-4)13(20-5)7-11(10)18-3/h6-8H,16H2,1-5H3. The van der Waals surface area contributed by atoms with Crippen molar-refractivity contribution in [1.82, 2.24) is 4.98 Å². The van der Waals surface area contributed by atoms with Crippen LogP contribution in [0.5, 0.6) is 17.2 Å². The molecule has 0 spiro atoms. The summed E-state index contributed by atoms with van der Waals surface area (Å²) in [5.41, 5.74) is 7.79. The highest BCUT2D eigenvalue weighted by atomic mass is 32.1. The van der Waals surface area contributed by atoms with E-state index in [1.165, 1.54) is 0 Å². The molecule has 114 valence electrons. The van der Waals surface area contributed by atoms with E-state index in [9.17, 15) is 0 Å². The summed E-state index contributed by atoms with van der Waals surface area (Å²) in [4.78, 5) is 5.67. The molecule has 5 nitrogen and oxygen atoms in total. The van der Waals surface area contributed by atoms with Crippen LogP contribution >= 0.6 is 11.3 Å². The van der Waals surface area contributed by atoms with Crippen molar-refractivity contribution in [2.45, 2.75) is 19.9 Å². The molecule has 0 amide bonds. The first-order valence-electron chi connectivity index (χ1n) is 6.55. The smallest absolute Gasteiger partial charge is 0.164 e. The molecular weight excluding hydrogens is 288 g/mol. The van der Waals surface area contributed by atoms with Gasteiger partial charge in [0.25, 0.3) is 0 Å². The van der Waals surface area contributed by atoms with Gasteiger partial charge in [0.05, 0.1) is 32.6 Å². The summed E-state index contributed by atoms with van der Waals surface area (Å²) in [7, 11) is 4.82. The van der Waals surface area contributed by atoms with Gasteiger partial charge in [-0.3, -0.25) is 0 Å². The maximum Gasteiger partial charge on any atom is 0.164 e. The van der Waals surface area contributed by atoms with Crippen molar-refractivity contribution in [2.24, 2.45) is 5.73 Å². The van der Waals surface area contributed by atoms with Gasteiger partial charge in [0.15, 0.2) is 11.5 Å². The Labute approximate surface area is 128 Å². The van der Waals surface area contributed by atoms with Crippen LogP contribution in [-0.4, -0.2) is 26.3 Å². The number of benzene rings is 1. The minimum Gasteiger partial charge on any atom is -0.496 e. The summed E-state index contributed by atoms with van der Waals surface area (Å²) in [5.74, 6) is 1.96. The lowest BCUT2D eigenvalue weighted by molar-refractivity contribution is 0.349. The molecule has 1 aromatic heterocycles. The number of nitrogens with zero attached hydrogens (tertiary/aromatic N) is 1. The lowest BCUT2D eigenvalue weighted by Gasteiger charge is -2.12. The van der Waals surface area contributed by atoms with Crippen molar-refractivity contribution in [3.8, 4) is 27.8 Å². The molecule has 2 N–H and O–H groups in total. The third-order valence-electron chi connectivity index (χ3n) is 3.18. The van der Waals surface area contributed by atoms with Crippen LogP contribution in [0.4, 0.5) is 0 Å². The fourth-order valence-electron chi connectivity index (χ4n) is 2.14. The summed E-state index contributed by atoms with van der Waals surface area (Å²) in [6.07, 6.45) is 0. The molecule has 0 fully saturated rings. The molecule has 1 atom stereocenters. The molecule has 21 heavy (non-hydrogen) atoms. The van der Waals surface area contributed by atoms with Crippen molar-refractivity contribution in [2.75, 3.05) is 21.3 Å².